The summed E-state index contributed by atoms with van der Waals surface area (Å²) in [4.78, 5) is 40.5. The van der Waals surface area contributed by atoms with E-state index in [1.165, 1.54) is 18.2 Å². The van der Waals surface area contributed by atoms with Gasteiger partial charge in [0, 0.05) is 10.1 Å². The highest BCUT2D eigenvalue weighted by Gasteiger charge is 2.48. The van der Waals surface area contributed by atoms with Gasteiger partial charge in [-0.1, -0.05) is 18.2 Å². The number of nitro groups is 4. The molecule has 0 unspecified atom stereocenters. The Kier molecular flexibility index (Phi) is 3.49. The van der Waals surface area contributed by atoms with Crippen molar-refractivity contribution in [1.82, 2.24) is 0 Å². The Morgan fingerprint density at radius 2 is 1.16 bits per heavy atom. The lowest BCUT2D eigenvalue weighted by atomic mass is 10.1. The third kappa shape index (κ3) is 2.21. The molecule has 0 radical (unpaired) electrons. The number of nitrogens with zero attached hydrogens (tertiary/aromatic N) is 4. The number of thiophene rings is 1. The summed E-state index contributed by atoms with van der Waals surface area (Å²) in [6.07, 6.45) is 0. The molecule has 0 atom stereocenters. The van der Waals surface area contributed by atoms with E-state index in [1.807, 2.05) is 0 Å². The van der Waals surface area contributed by atoms with E-state index in [4.69, 9.17) is 0 Å². The summed E-state index contributed by atoms with van der Waals surface area (Å²) in [5, 5.41) is 45.2. The molecule has 3 aromatic rings. The van der Waals surface area contributed by atoms with Crippen LogP contribution in [0.5, 0.6) is 0 Å². The first-order valence-corrected chi connectivity index (χ1v) is 7.16. The van der Waals surface area contributed by atoms with E-state index in [2.05, 4.69) is 0 Å². The standard InChI is InChI=1S/C12H4N4O8S/c17-13(18)8-7-5-3-1-2-4-6(5)25-12(7)11(16(23)24)10(15(21)22)9(8)14(19)20/h1-4H. The summed E-state index contributed by atoms with van der Waals surface area (Å²) in [7, 11) is 0. The van der Waals surface area contributed by atoms with Crippen LogP contribution in [0.2, 0.25) is 0 Å². The fourth-order valence-corrected chi connectivity index (χ4v) is 3.81. The molecule has 25 heavy (non-hydrogen) atoms. The average molecular weight is 364 g/mol. The molecule has 0 bridgehead atoms. The van der Waals surface area contributed by atoms with E-state index < -0.39 is 42.4 Å². The van der Waals surface area contributed by atoms with Gasteiger partial charge in [-0.05, 0) is 6.07 Å². The van der Waals surface area contributed by atoms with Crippen molar-refractivity contribution in [3.8, 4) is 0 Å². The maximum absolute atomic E-state index is 11.5. The number of hydrogen-bond acceptors (Lipinski definition) is 9. The van der Waals surface area contributed by atoms with E-state index >= 15 is 0 Å². The van der Waals surface area contributed by atoms with E-state index in [1.54, 1.807) is 6.07 Å². The highest BCUT2D eigenvalue weighted by Crippen LogP contribution is 2.54. The maximum Gasteiger partial charge on any atom is 0.431 e. The predicted octanol–water partition coefficient (Wildman–Crippen LogP) is 3.69. The second-order valence-corrected chi connectivity index (χ2v) is 5.78. The average Bonchev–Trinajstić information content (AvgIpc) is 2.90. The first-order chi connectivity index (χ1) is 11.8. The van der Waals surface area contributed by atoms with Crippen molar-refractivity contribution in [2.24, 2.45) is 0 Å². The molecule has 0 aliphatic carbocycles. The van der Waals surface area contributed by atoms with Crippen LogP contribution in [0, 0.1) is 40.5 Å². The van der Waals surface area contributed by atoms with Gasteiger partial charge in [-0.3, -0.25) is 40.5 Å². The van der Waals surface area contributed by atoms with Crippen LogP contribution < -0.4 is 0 Å². The molecular weight excluding hydrogens is 360 g/mol. The van der Waals surface area contributed by atoms with E-state index in [-0.39, 0.29) is 15.5 Å². The third-order valence-electron chi connectivity index (χ3n) is 3.45. The van der Waals surface area contributed by atoms with Crippen LogP contribution in [0.15, 0.2) is 24.3 Å². The molecule has 0 N–H and O–H groups in total. The van der Waals surface area contributed by atoms with Crippen molar-refractivity contribution in [2.75, 3.05) is 0 Å². The molecule has 0 spiro atoms. The van der Waals surface area contributed by atoms with E-state index in [9.17, 15) is 40.5 Å². The second-order valence-electron chi connectivity index (χ2n) is 4.73. The number of rotatable bonds is 4. The number of nitro benzene ring substituents is 4. The zero-order valence-corrected chi connectivity index (χ0v) is 12.6. The summed E-state index contributed by atoms with van der Waals surface area (Å²) >= 11 is 0.727. The fraction of sp³-hybridized carbons (Fsp3) is 0. The Labute approximate surface area is 139 Å². The Morgan fingerprint density at radius 3 is 1.68 bits per heavy atom. The number of fused-ring (bicyclic) bond motifs is 3. The molecule has 126 valence electrons. The van der Waals surface area contributed by atoms with Gasteiger partial charge in [0.15, 0.2) is 0 Å². The van der Waals surface area contributed by atoms with Crippen molar-refractivity contribution in [3.63, 3.8) is 0 Å². The molecule has 12 nitrogen and oxygen atoms in total. The molecule has 0 fully saturated rings. The summed E-state index contributed by atoms with van der Waals surface area (Å²) in [5.74, 6) is 0. The summed E-state index contributed by atoms with van der Waals surface area (Å²) in [5.41, 5.74) is -5.26. The van der Waals surface area contributed by atoms with Gasteiger partial charge in [-0.2, -0.15) is 0 Å². The predicted molar refractivity (Wildman–Crippen MR) is 85.9 cm³/mol. The summed E-state index contributed by atoms with van der Waals surface area (Å²) in [6.45, 7) is 0. The Bertz CT molecular complexity index is 1120. The van der Waals surface area contributed by atoms with Crippen molar-refractivity contribution >= 4 is 54.3 Å². The molecule has 1 heterocycles. The highest BCUT2D eigenvalue weighted by molar-refractivity contribution is 7.26. The van der Waals surface area contributed by atoms with Crippen molar-refractivity contribution in [3.05, 3.63) is 64.7 Å². The Balaban J connectivity index is 2.78. The zero-order chi connectivity index (χ0) is 18.5. The third-order valence-corrected chi connectivity index (χ3v) is 4.63. The number of benzene rings is 2. The molecular formula is C12H4N4O8S. The van der Waals surface area contributed by atoms with Crippen molar-refractivity contribution in [1.29, 1.82) is 0 Å². The molecule has 0 aliphatic heterocycles. The molecule has 1 aromatic heterocycles. The lowest BCUT2D eigenvalue weighted by molar-refractivity contribution is -0.450. The minimum absolute atomic E-state index is 0.176. The number of hydrogen-bond donors (Lipinski definition) is 0. The minimum Gasteiger partial charge on any atom is -0.258 e. The summed E-state index contributed by atoms with van der Waals surface area (Å²) in [6, 6.07) is 5.97. The molecule has 0 aliphatic rings. The molecule has 0 saturated carbocycles. The minimum atomic E-state index is -1.50. The van der Waals surface area contributed by atoms with Crippen LogP contribution in [0.25, 0.3) is 20.2 Å². The Morgan fingerprint density at radius 1 is 0.680 bits per heavy atom. The quantitative estimate of drug-likeness (QED) is 0.497. The summed E-state index contributed by atoms with van der Waals surface area (Å²) < 4.78 is 0.0219. The first kappa shape index (κ1) is 16.1. The van der Waals surface area contributed by atoms with Crippen molar-refractivity contribution in [2.45, 2.75) is 0 Å². The van der Waals surface area contributed by atoms with Gasteiger partial charge in [0.05, 0.1) is 25.1 Å². The SMILES string of the molecule is O=[N+]([O-])c1c([N+](=O)[O-])c([N+](=O)[O-])c2c(sc3ccccc32)c1[N+](=O)[O-]. The zero-order valence-electron chi connectivity index (χ0n) is 11.8. The van der Waals surface area contributed by atoms with Gasteiger partial charge in [-0.15, -0.1) is 11.3 Å². The largest absolute Gasteiger partial charge is 0.431 e. The molecule has 0 saturated heterocycles. The first-order valence-electron chi connectivity index (χ1n) is 6.34. The van der Waals surface area contributed by atoms with Gasteiger partial charge in [0.2, 0.25) is 0 Å². The van der Waals surface area contributed by atoms with Gasteiger partial charge in [0.1, 0.15) is 4.70 Å². The topological polar surface area (TPSA) is 173 Å². The van der Waals surface area contributed by atoms with Crippen molar-refractivity contribution < 1.29 is 19.7 Å². The Hall–Kier alpha value is -3.74. The van der Waals surface area contributed by atoms with Gasteiger partial charge < -0.3 is 0 Å². The monoisotopic (exact) mass is 364 g/mol. The normalized spacial score (nSPS) is 10.9. The van der Waals surface area contributed by atoms with Crippen LogP contribution >= 0.6 is 11.3 Å². The smallest absolute Gasteiger partial charge is 0.258 e. The van der Waals surface area contributed by atoms with Crippen LogP contribution in [0.4, 0.5) is 22.7 Å². The van der Waals surface area contributed by atoms with Gasteiger partial charge >= 0.3 is 22.7 Å². The van der Waals surface area contributed by atoms with Crippen LogP contribution in [-0.4, -0.2) is 19.7 Å². The molecule has 3 rings (SSSR count). The van der Waals surface area contributed by atoms with Crippen LogP contribution in [0.1, 0.15) is 0 Å². The van der Waals surface area contributed by atoms with Gasteiger partial charge in [0.25, 0.3) is 0 Å². The van der Waals surface area contributed by atoms with E-state index in [0.29, 0.717) is 4.70 Å². The van der Waals surface area contributed by atoms with Crippen LogP contribution in [0.3, 0.4) is 0 Å². The van der Waals surface area contributed by atoms with Gasteiger partial charge in [-0.25, -0.2) is 0 Å². The van der Waals surface area contributed by atoms with E-state index in [0.717, 1.165) is 11.3 Å². The highest BCUT2D eigenvalue weighted by atomic mass is 32.1. The molecule has 13 heteroatoms. The van der Waals surface area contributed by atoms with Crippen LogP contribution in [-0.2, 0) is 0 Å². The fourth-order valence-electron chi connectivity index (χ4n) is 2.59. The maximum atomic E-state index is 11.5. The molecule has 2 aromatic carbocycles. The molecule has 0 amide bonds. The lowest BCUT2D eigenvalue weighted by Crippen LogP contribution is -2.05. The second kappa shape index (κ2) is 5.41. The lowest BCUT2D eigenvalue weighted by Gasteiger charge is -2.01.